The van der Waals surface area contributed by atoms with E-state index in [0.717, 1.165) is 42.9 Å². The molecule has 6 nitrogen and oxygen atoms in total. The first-order valence-corrected chi connectivity index (χ1v) is 11.1. The Morgan fingerprint density at radius 2 is 1.90 bits per heavy atom. The van der Waals surface area contributed by atoms with Crippen LogP contribution in [0.4, 0.5) is 0 Å². The van der Waals surface area contributed by atoms with E-state index >= 15 is 0 Å². The Hall–Kier alpha value is -2.44. The average molecular weight is 409 g/mol. The van der Waals surface area contributed by atoms with Gasteiger partial charge in [0.2, 0.25) is 5.91 Å². The highest BCUT2D eigenvalue weighted by molar-refractivity contribution is 5.87. The molecule has 1 N–H and O–H groups in total. The number of para-hydroxylation sites is 1. The number of hydrogen-bond acceptors (Lipinski definition) is 5. The SMILES string of the molecule is CNC(=O)[C@]1(c2ccccn2)CCCN1Cc1ccccc1OCCN1CCCC1. The lowest BCUT2D eigenvalue weighted by atomic mass is 9.89. The lowest BCUT2D eigenvalue weighted by Gasteiger charge is -2.36. The number of carbonyl (C=O) groups is 1. The van der Waals surface area contributed by atoms with Crippen LogP contribution in [0.1, 0.15) is 36.9 Å². The second-order valence-electron chi connectivity index (χ2n) is 8.18. The van der Waals surface area contributed by atoms with Gasteiger partial charge < -0.3 is 10.1 Å². The minimum atomic E-state index is -0.737. The molecule has 6 heteroatoms. The van der Waals surface area contributed by atoms with Crippen molar-refractivity contribution in [2.45, 2.75) is 37.8 Å². The Balaban J connectivity index is 1.53. The number of likely N-dealkylation sites (N-methyl/N-ethyl adjacent to an activating group) is 1. The summed E-state index contributed by atoms with van der Waals surface area (Å²) in [6.45, 7) is 5.52. The van der Waals surface area contributed by atoms with Gasteiger partial charge in [0.1, 0.15) is 17.9 Å². The van der Waals surface area contributed by atoms with Crippen LogP contribution in [0.2, 0.25) is 0 Å². The molecular weight excluding hydrogens is 376 g/mol. The smallest absolute Gasteiger partial charge is 0.246 e. The van der Waals surface area contributed by atoms with E-state index < -0.39 is 5.54 Å². The lowest BCUT2D eigenvalue weighted by Crippen LogP contribution is -2.52. The molecule has 2 fully saturated rings. The van der Waals surface area contributed by atoms with Crippen molar-refractivity contribution >= 4 is 5.91 Å². The molecule has 1 amide bonds. The van der Waals surface area contributed by atoms with Gasteiger partial charge in [-0.3, -0.25) is 19.6 Å². The zero-order chi connectivity index (χ0) is 20.8. The van der Waals surface area contributed by atoms with Crippen LogP contribution in [-0.4, -0.2) is 60.5 Å². The molecule has 1 aromatic heterocycles. The number of pyridine rings is 1. The van der Waals surface area contributed by atoms with E-state index in [2.05, 4.69) is 26.2 Å². The van der Waals surface area contributed by atoms with Crippen molar-refractivity contribution in [2.24, 2.45) is 0 Å². The van der Waals surface area contributed by atoms with Gasteiger partial charge in [0, 0.05) is 31.9 Å². The lowest BCUT2D eigenvalue weighted by molar-refractivity contribution is -0.132. The summed E-state index contributed by atoms with van der Waals surface area (Å²) in [5.74, 6) is 0.918. The Bertz CT molecular complexity index is 838. The summed E-state index contributed by atoms with van der Waals surface area (Å²) < 4.78 is 6.19. The van der Waals surface area contributed by atoms with Crippen LogP contribution in [0.5, 0.6) is 5.75 Å². The summed E-state index contributed by atoms with van der Waals surface area (Å²) in [7, 11) is 1.71. The van der Waals surface area contributed by atoms with E-state index in [1.54, 1.807) is 13.2 Å². The molecule has 3 heterocycles. The van der Waals surface area contributed by atoms with Crippen molar-refractivity contribution in [1.82, 2.24) is 20.1 Å². The molecule has 30 heavy (non-hydrogen) atoms. The Kier molecular flexibility index (Phi) is 6.65. The minimum absolute atomic E-state index is 0.00568. The van der Waals surface area contributed by atoms with Gasteiger partial charge in [0.05, 0.1) is 5.69 Å². The number of aromatic nitrogens is 1. The molecule has 0 unspecified atom stereocenters. The third-order valence-corrected chi connectivity index (χ3v) is 6.40. The maximum absolute atomic E-state index is 13.1. The van der Waals surface area contributed by atoms with Gasteiger partial charge in [0.15, 0.2) is 0 Å². The first-order chi connectivity index (χ1) is 14.7. The minimum Gasteiger partial charge on any atom is -0.492 e. The summed E-state index contributed by atoms with van der Waals surface area (Å²) in [6, 6.07) is 14.0. The van der Waals surface area contributed by atoms with E-state index in [0.29, 0.717) is 13.2 Å². The molecule has 4 rings (SSSR count). The number of likely N-dealkylation sites (tertiary alicyclic amines) is 2. The predicted octanol–water partition coefficient (Wildman–Crippen LogP) is 2.79. The fraction of sp³-hybridized carbons (Fsp3) is 0.500. The molecule has 0 saturated carbocycles. The Morgan fingerprint density at radius 1 is 1.10 bits per heavy atom. The normalized spacial score (nSPS) is 22.3. The van der Waals surface area contributed by atoms with Gasteiger partial charge in [-0.05, 0) is 63.5 Å². The molecule has 2 aliphatic rings. The van der Waals surface area contributed by atoms with Crippen LogP contribution >= 0.6 is 0 Å². The quantitative estimate of drug-likeness (QED) is 0.728. The number of rotatable bonds is 8. The predicted molar refractivity (Wildman–Crippen MR) is 117 cm³/mol. The van der Waals surface area contributed by atoms with Crippen molar-refractivity contribution in [3.8, 4) is 5.75 Å². The molecule has 1 aromatic carbocycles. The average Bonchev–Trinajstić information content (AvgIpc) is 3.46. The van der Waals surface area contributed by atoms with Crippen LogP contribution in [0.15, 0.2) is 48.7 Å². The van der Waals surface area contributed by atoms with Crippen molar-refractivity contribution in [1.29, 1.82) is 0 Å². The molecule has 2 aliphatic heterocycles. The van der Waals surface area contributed by atoms with Crippen LogP contribution in [0, 0.1) is 0 Å². The summed E-state index contributed by atoms with van der Waals surface area (Å²) in [5.41, 5.74) is 1.19. The molecule has 0 radical (unpaired) electrons. The van der Waals surface area contributed by atoms with Crippen LogP contribution in [0.25, 0.3) is 0 Å². The van der Waals surface area contributed by atoms with E-state index in [9.17, 15) is 4.79 Å². The molecule has 2 saturated heterocycles. The topological polar surface area (TPSA) is 57.7 Å². The third-order valence-electron chi connectivity index (χ3n) is 6.40. The van der Waals surface area contributed by atoms with Gasteiger partial charge in [-0.25, -0.2) is 0 Å². The van der Waals surface area contributed by atoms with Gasteiger partial charge in [-0.2, -0.15) is 0 Å². The van der Waals surface area contributed by atoms with Crippen molar-refractivity contribution in [2.75, 3.05) is 39.8 Å². The highest BCUT2D eigenvalue weighted by atomic mass is 16.5. The number of nitrogens with one attached hydrogen (secondary N) is 1. The molecular formula is C24H32N4O2. The first-order valence-electron chi connectivity index (χ1n) is 11.1. The standard InChI is InChI=1S/C24H32N4O2/c1-25-23(29)24(22-11-4-5-13-26-22)12-8-16-28(24)19-20-9-2-3-10-21(20)30-18-17-27-14-6-7-15-27/h2-5,9-11,13H,6-8,12,14-19H2,1H3,(H,25,29)/t24-/m1/s1. The zero-order valence-corrected chi connectivity index (χ0v) is 17.8. The van der Waals surface area contributed by atoms with Crippen LogP contribution in [-0.2, 0) is 16.9 Å². The molecule has 1 atom stereocenters. The highest BCUT2D eigenvalue weighted by Gasteiger charge is 2.49. The Morgan fingerprint density at radius 3 is 2.67 bits per heavy atom. The monoisotopic (exact) mass is 408 g/mol. The van der Waals surface area contributed by atoms with E-state index in [4.69, 9.17) is 4.74 Å². The van der Waals surface area contributed by atoms with E-state index in [-0.39, 0.29) is 5.91 Å². The Labute approximate surface area is 179 Å². The first kappa shape index (κ1) is 20.8. The molecule has 2 aromatic rings. The highest BCUT2D eigenvalue weighted by Crippen LogP contribution is 2.40. The maximum atomic E-state index is 13.1. The summed E-state index contributed by atoms with van der Waals surface area (Å²) in [4.78, 5) is 22.4. The van der Waals surface area contributed by atoms with E-state index in [1.807, 2.05) is 36.4 Å². The number of ether oxygens (including phenoxy) is 1. The second kappa shape index (κ2) is 9.58. The third kappa shape index (κ3) is 4.20. The summed E-state index contributed by atoms with van der Waals surface area (Å²) >= 11 is 0. The fourth-order valence-electron chi connectivity index (χ4n) is 4.84. The number of nitrogens with zero attached hydrogens (tertiary/aromatic N) is 3. The zero-order valence-electron chi connectivity index (χ0n) is 17.8. The maximum Gasteiger partial charge on any atom is 0.246 e. The van der Waals surface area contributed by atoms with E-state index in [1.165, 1.54) is 25.9 Å². The van der Waals surface area contributed by atoms with Crippen molar-refractivity contribution in [3.63, 3.8) is 0 Å². The molecule has 0 aliphatic carbocycles. The van der Waals surface area contributed by atoms with Crippen molar-refractivity contribution < 1.29 is 9.53 Å². The summed E-state index contributed by atoms with van der Waals surface area (Å²) in [6.07, 6.45) is 6.08. The fourth-order valence-corrected chi connectivity index (χ4v) is 4.84. The van der Waals surface area contributed by atoms with Gasteiger partial charge in [0.25, 0.3) is 0 Å². The van der Waals surface area contributed by atoms with Gasteiger partial charge in [-0.1, -0.05) is 24.3 Å². The number of hydrogen-bond donors (Lipinski definition) is 1. The van der Waals surface area contributed by atoms with Crippen LogP contribution in [0.3, 0.4) is 0 Å². The molecule has 0 bridgehead atoms. The molecule has 160 valence electrons. The van der Waals surface area contributed by atoms with Crippen molar-refractivity contribution in [3.05, 3.63) is 59.9 Å². The van der Waals surface area contributed by atoms with Gasteiger partial charge >= 0.3 is 0 Å². The van der Waals surface area contributed by atoms with Gasteiger partial charge in [-0.15, -0.1) is 0 Å². The summed E-state index contributed by atoms with van der Waals surface area (Å²) in [5, 5.41) is 2.88. The van der Waals surface area contributed by atoms with Crippen LogP contribution < -0.4 is 10.1 Å². The number of amides is 1. The second-order valence-corrected chi connectivity index (χ2v) is 8.18. The number of carbonyl (C=O) groups excluding carboxylic acids is 1. The largest absolute Gasteiger partial charge is 0.492 e. The molecule has 0 spiro atoms. The number of benzene rings is 1.